The van der Waals surface area contributed by atoms with E-state index in [9.17, 15) is 5.11 Å². The lowest BCUT2D eigenvalue weighted by molar-refractivity contribution is 0.134. The molecule has 0 amide bonds. The number of hydrogen-bond donors (Lipinski definition) is 1. The van der Waals surface area contributed by atoms with Gasteiger partial charge in [0, 0.05) is 0 Å². The highest BCUT2D eigenvalue weighted by molar-refractivity contribution is 6.31. The molecule has 1 aromatic carbocycles. The van der Waals surface area contributed by atoms with Crippen LogP contribution >= 0.6 is 11.6 Å². The van der Waals surface area contributed by atoms with Gasteiger partial charge in [-0.3, -0.25) is 0 Å². The predicted molar refractivity (Wildman–Crippen MR) is 80.8 cm³/mol. The van der Waals surface area contributed by atoms with E-state index in [1.54, 1.807) is 13.2 Å². The van der Waals surface area contributed by atoms with Gasteiger partial charge in [0.15, 0.2) is 0 Å². The van der Waals surface area contributed by atoms with Gasteiger partial charge in [-0.25, -0.2) is 0 Å². The van der Waals surface area contributed by atoms with Crippen LogP contribution in [0.3, 0.4) is 0 Å². The third-order valence-electron chi connectivity index (χ3n) is 3.15. The normalized spacial score (nSPS) is 15.1. The van der Waals surface area contributed by atoms with Crippen LogP contribution in [0.2, 0.25) is 5.02 Å². The highest BCUT2D eigenvalue weighted by Crippen LogP contribution is 2.34. The largest absolute Gasteiger partial charge is 0.497 e. The highest BCUT2D eigenvalue weighted by atomic mass is 35.5. The van der Waals surface area contributed by atoms with E-state index >= 15 is 0 Å². The van der Waals surface area contributed by atoms with Crippen LogP contribution in [0.4, 0.5) is 0 Å². The van der Waals surface area contributed by atoms with Gasteiger partial charge in [-0.1, -0.05) is 45.4 Å². The summed E-state index contributed by atoms with van der Waals surface area (Å²) in [4.78, 5) is 0. The second-order valence-electron chi connectivity index (χ2n) is 6.51. The van der Waals surface area contributed by atoms with E-state index in [-0.39, 0.29) is 5.41 Å². The van der Waals surface area contributed by atoms with Crippen LogP contribution in [-0.4, -0.2) is 12.2 Å². The fraction of sp³-hybridized carbons (Fsp3) is 0.625. The molecule has 0 aliphatic heterocycles. The molecule has 1 N–H and O–H groups in total. The van der Waals surface area contributed by atoms with Crippen LogP contribution in [0.25, 0.3) is 0 Å². The van der Waals surface area contributed by atoms with E-state index in [0.717, 1.165) is 18.4 Å². The molecule has 0 saturated heterocycles. The van der Waals surface area contributed by atoms with E-state index in [1.165, 1.54) is 0 Å². The number of ether oxygens (including phenoxy) is 1. The summed E-state index contributed by atoms with van der Waals surface area (Å²) in [5.74, 6) is 1.16. The van der Waals surface area contributed by atoms with Crippen molar-refractivity contribution in [2.75, 3.05) is 7.11 Å². The first-order valence-corrected chi connectivity index (χ1v) is 7.12. The van der Waals surface area contributed by atoms with Crippen molar-refractivity contribution in [3.8, 4) is 5.75 Å². The zero-order valence-electron chi connectivity index (χ0n) is 12.5. The quantitative estimate of drug-likeness (QED) is 0.838. The lowest BCUT2D eigenvalue weighted by Gasteiger charge is -2.25. The molecule has 2 nitrogen and oxygen atoms in total. The Labute approximate surface area is 121 Å². The van der Waals surface area contributed by atoms with Crippen molar-refractivity contribution in [2.45, 2.75) is 46.6 Å². The Morgan fingerprint density at radius 1 is 1.32 bits per heavy atom. The van der Waals surface area contributed by atoms with E-state index in [4.69, 9.17) is 16.3 Å². The van der Waals surface area contributed by atoms with Crippen molar-refractivity contribution in [1.29, 1.82) is 0 Å². The number of aliphatic hydroxyl groups is 1. The van der Waals surface area contributed by atoms with Gasteiger partial charge in [-0.2, -0.15) is 0 Å². The summed E-state index contributed by atoms with van der Waals surface area (Å²) >= 11 is 6.18. The van der Waals surface area contributed by atoms with Gasteiger partial charge in [0.05, 0.1) is 18.2 Å². The summed E-state index contributed by atoms with van der Waals surface area (Å²) in [5.41, 5.74) is 1.06. The molecular weight excluding hydrogens is 260 g/mol. The molecule has 0 aliphatic carbocycles. The minimum absolute atomic E-state index is 0.281. The van der Waals surface area contributed by atoms with E-state index in [0.29, 0.717) is 16.7 Å². The molecule has 0 unspecified atom stereocenters. The average molecular weight is 285 g/mol. The molecular formula is C16H25ClO2. The first-order chi connectivity index (χ1) is 8.73. The van der Waals surface area contributed by atoms with Crippen molar-refractivity contribution in [2.24, 2.45) is 11.3 Å². The van der Waals surface area contributed by atoms with Crippen LogP contribution in [0.1, 0.15) is 52.2 Å². The van der Waals surface area contributed by atoms with Crippen LogP contribution in [0.5, 0.6) is 5.75 Å². The van der Waals surface area contributed by atoms with Gasteiger partial charge < -0.3 is 9.84 Å². The lowest BCUT2D eigenvalue weighted by Crippen LogP contribution is -2.13. The molecule has 0 radical (unpaired) electrons. The van der Waals surface area contributed by atoms with Crippen molar-refractivity contribution < 1.29 is 9.84 Å². The molecule has 1 rings (SSSR count). The lowest BCUT2D eigenvalue weighted by atomic mass is 9.82. The Balaban J connectivity index is 2.70. The van der Waals surface area contributed by atoms with Crippen LogP contribution in [0.15, 0.2) is 18.2 Å². The first-order valence-electron chi connectivity index (χ1n) is 6.74. The average Bonchev–Trinajstić information content (AvgIpc) is 2.25. The van der Waals surface area contributed by atoms with Crippen molar-refractivity contribution in [3.05, 3.63) is 28.8 Å². The number of aliphatic hydroxyl groups excluding tert-OH is 1. The molecule has 2 atom stereocenters. The minimum atomic E-state index is -0.518. The van der Waals surface area contributed by atoms with Crippen LogP contribution in [0, 0.1) is 11.3 Å². The fourth-order valence-electron chi connectivity index (χ4n) is 2.54. The minimum Gasteiger partial charge on any atom is -0.497 e. The Morgan fingerprint density at radius 2 is 1.95 bits per heavy atom. The van der Waals surface area contributed by atoms with Gasteiger partial charge in [0.25, 0.3) is 0 Å². The molecule has 108 valence electrons. The zero-order chi connectivity index (χ0) is 14.6. The van der Waals surface area contributed by atoms with Gasteiger partial charge >= 0.3 is 0 Å². The maximum absolute atomic E-state index is 10.3. The van der Waals surface area contributed by atoms with Crippen molar-refractivity contribution in [3.63, 3.8) is 0 Å². The van der Waals surface area contributed by atoms with E-state index in [2.05, 4.69) is 27.7 Å². The third kappa shape index (κ3) is 5.42. The molecule has 0 spiro atoms. The molecule has 0 aliphatic rings. The van der Waals surface area contributed by atoms with Gasteiger partial charge in [0.1, 0.15) is 5.75 Å². The number of hydrogen-bond acceptors (Lipinski definition) is 2. The van der Waals surface area contributed by atoms with Crippen LogP contribution in [-0.2, 0) is 0 Å². The van der Waals surface area contributed by atoms with Gasteiger partial charge in [-0.15, -0.1) is 0 Å². The monoisotopic (exact) mass is 284 g/mol. The Bertz CT molecular complexity index is 410. The molecule has 0 aromatic heterocycles. The molecule has 1 aromatic rings. The maximum atomic E-state index is 10.3. The van der Waals surface area contributed by atoms with Gasteiger partial charge in [0.2, 0.25) is 0 Å². The molecule has 3 heteroatoms. The smallest absolute Gasteiger partial charge is 0.120 e. The van der Waals surface area contributed by atoms with Crippen molar-refractivity contribution >= 4 is 11.6 Å². The van der Waals surface area contributed by atoms with Crippen LogP contribution < -0.4 is 4.74 Å². The van der Waals surface area contributed by atoms with Gasteiger partial charge in [-0.05, 0) is 41.9 Å². The number of halogens is 1. The summed E-state index contributed by atoms with van der Waals surface area (Å²) < 4.78 is 5.11. The summed E-state index contributed by atoms with van der Waals surface area (Å²) in [7, 11) is 1.60. The maximum Gasteiger partial charge on any atom is 0.120 e. The molecule has 0 saturated carbocycles. The Kier molecular flexibility index (Phi) is 5.69. The van der Waals surface area contributed by atoms with E-state index in [1.807, 2.05) is 12.1 Å². The second kappa shape index (κ2) is 6.62. The highest BCUT2D eigenvalue weighted by Gasteiger charge is 2.20. The standard InChI is InChI=1S/C16H25ClO2/c1-11(10-16(2,3)4)8-15(18)13-7-6-12(19-5)9-14(13)17/h6-7,9,11,15,18H,8,10H2,1-5H3/t11-,15+/m1/s1. The summed E-state index contributed by atoms with van der Waals surface area (Å²) in [5, 5.41) is 10.9. The molecule has 0 fully saturated rings. The fourth-order valence-corrected chi connectivity index (χ4v) is 2.84. The summed E-state index contributed by atoms with van der Waals surface area (Å²) in [6.07, 6.45) is 1.29. The third-order valence-corrected chi connectivity index (χ3v) is 3.48. The topological polar surface area (TPSA) is 29.5 Å². The number of methoxy groups -OCH3 is 1. The Morgan fingerprint density at radius 3 is 2.42 bits per heavy atom. The molecule has 0 heterocycles. The zero-order valence-corrected chi connectivity index (χ0v) is 13.3. The number of rotatable bonds is 5. The first kappa shape index (κ1) is 16.3. The Hall–Kier alpha value is -0.730. The second-order valence-corrected chi connectivity index (χ2v) is 6.92. The molecule has 19 heavy (non-hydrogen) atoms. The predicted octanol–water partition coefficient (Wildman–Crippen LogP) is 4.84. The summed E-state index contributed by atoms with van der Waals surface area (Å²) in [6.45, 7) is 8.83. The SMILES string of the molecule is COc1ccc([C@@H](O)C[C@@H](C)CC(C)(C)C)c(Cl)c1. The number of benzene rings is 1. The van der Waals surface area contributed by atoms with E-state index < -0.39 is 6.10 Å². The van der Waals surface area contributed by atoms with Crippen molar-refractivity contribution in [1.82, 2.24) is 0 Å². The summed E-state index contributed by atoms with van der Waals surface area (Å²) in [6, 6.07) is 5.42. The molecule has 0 bridgehead atoms.